The molecule has 3 unspecified atom stereocenters. The van der Waals surface area contributed by atoms with Crippen molar-refractivity contribution in [2.24, 2.45) is 17.6 Å². The summed E-state index contributed by atoms with van der Waals surface area (Å²) < 4.78 is 5.16. The van der Waals surface area contributed by atoms with Gasteiger partial charge in [0.25, 0.3) is 0 Å². The predicted octanol–water partition coefficient (Wildman–Crippen LogP) is 3.15. The summed E-state index contributed by atoms with van der Waals surface area (Å²) in [7, 11) is 0. The van der Waals surface area contributed by atoms with Gasteiger partial charge in [-0.15, -0.1) is 0 Å². The molecule has 0 bridgehead atoms. The van der Waals surface area contributed by atoms with Crippen LogP contribution in [-0.4, -0.2) is 6.04 Å². The molecule has 0 saturated heterocycles. The van der Waals surface area contributed by atoms with Gasteiger partial charge < -0.3 is 10.2 Å². The predicted molar refractivity (Wildman–Crippen MR) is 61.6 cm³/mol. The lowest BCUT2D eigenvalue weighted by molar-refractivity contribution is 0.232. The topological polar surface area (TPSA) is 39.2 Å². The maximum Gasteiger partial charge on any atom is 0.0937 e. The summed E-state index contributed by atoms with van der Waals surface area (Å²) in [4.78, 5) is 0. The highest BCUT2D eigenvalue weighted by atomic mass is 16.3. The van der Waals surface area contributed by atoms with Crippen LogP contribution >= 0.6 is 0 Å². The number of nitrogens with two attached hydrogens (primary N) is 1. The molecule has 1 aromatic heterocycles. The van der Waals surface area contributed by atoms with Crippen molar-refractivity contribution in [3.8, 4) is 0 Å². The highest BCUT2D eigenvalue weighted by molar-refractivity contribution is 5.16. The van der Waals surface area contributed by atoms with Gasteiger partial charge in [-0.25, -0.2) is 0 Å². The number of hydrogen-bond acceptors (Lipinski definition) is 2. The first-order chi connectivity index (χ1) is 7.18. The molecule has 1 aliphatic rings. The van der Waals surface area contributed by atoms with Gasteiger partial charge in [-0.2, -0.15) is 0 Å². The maximum absolute atomic E-state index is 6.19. The van der Waals surface area contributed by atoms with Crippen molar-refractivity contribution in [1.29, 1.82) is 0 Å². The van der Waals surface area contributed by atoms with Crippen LogP contribution < -0.4 is 5.73 Å². The smallest absolute Gasteiger partial charge is 0.0937 e. The van der Waals surface area contributed by atoms with E-state index in [1.54, 1.807) is 6.26 Å². The molecular weight excluding hydrogens is 186 g/mol. The third-order valence-corrected chi connectivity index (χ3v) is 3.86. The molecule has 1 aliphatic carbocycles. The average Bonchev–Trinajstić information content (AvgIpc) is 2.71. The van der Waals surface area contributed by atoms with E-state index in [0.717, 1.165) is 18.3 Å². The summed E-state index contributed by atoms with van der Waals surface area (Å²) >= 11 is 0. The second-order valence-electron chi connectivity index (χ2n) is 5.14. The van der Waals surface area contributed by atoms with Gasteiger partial charge in [0.1, 0.15) is 0 Å². The third-order valence-electron chi connectivity index (χ3n) is 3.86. The highest BCUT2D eigenvalue weighted by Crippen LogP contribution is 2.38. The molecule has 0 amide bonds. The van der Waals surface area contributed by atoms with E-state index in [4.69, 9.17) is 10.2 Å². The monoisotopic (exact) mass is 207 g/mol. The minimum absolute atomic E-state index is 0.317. The highest BCUT2D eigenvalue weighted by Gasteiger charge is 2.31. The van der Waals surface area contributed by atoms with E-state index in [2.05, 4.69) is 19.9 Å². The molecule has 2 rings (SSSR count). The molecular formula is C13H21NO. The normalized spacial score (nSPS) is 32.1. The standard InChI is InChI=1S/C13H21NO/c1-9(2)10-3-4-13(14)12(7-10)11-5-6-15-8-11/h5-6,8-10,12-13H,3-4,7,14H2,1-2H3. The fraction of sp³-hybridized carbons (Fsp3) is 0.692. The van der Waals surface area contributed by atoms with Gasteiger partial charge in [-0.05, 0) is 42.7 Å². The van der Waals surface area contributed by atoms with Crippen molar-refractivity contribution in [2.45, 2.75) is 45.1 Å². The van der Waals surface area contributed by atoms with Crippen LogP contribution in [0.4, 0.5) is 0 Å². The van der Waals surface area contributed by atoms with Gasteiger partial charge in [-0.1, -0.05) is 13.8 Å². The first-order valence-corrected chi connectivity index (χ1v) is 5.96. The summed E-state index contributed by atoms with van der Waals surface area (Å²) in [5.41, 5.74) is 7.48. The van der Waals surface area contributed by atoms with Gasteiger partial charge in [-0.3, -0.25) is 0 Å². The Morgan fingerprint density at radius 1 is 1.40 bits per heavy atom. The first-order valence-electron chi connectivity index (χ1n) is 5.96. The molecule has 2 nitrogen and oxygen atoms in total. The molecule has 84 valence electrons. The number of furan rings is 1. The summed E-state index contributed by atoms with van der Waals surface area (Å²) in [5, 5.41) is 0. The van der Waals surface area contributed by atoms with Gasteiger partial charge in [0.15, 0.2) is 0 Å². The lowest BCUT2D eigenvalue weighted by atomic mass is 9.72. The van der Waals surface area contributed by atoms with Crippen molar-refractivity contribution >= 4 is 0 Å². The second kappa shape index (κ2) is 4.40. The Bertz CT molecular complexity index is 291. The molecule has 0 aliphatic heterocycles. The lowest BCUT2D eigenvalue weighted by Gasteiger charge is -2.35. The van der Waals surface area contributed by atoms with Crippen LogP contribution in [0.3, 0.4) is 0 Å². The molecule has 0 radical (unpaired) electrons. The maximum atomic E-state index is 6.19. The Labute approximate surface area is 91.8 Å². The average molecular weight is 207 g/mol. The third kappa shape index (κ3) is 2.25. The molecule has 3 atom stereocenters. The first kappa shape index (κ1) is 10.7. The molecule has 0 spiro atoms. The Morgan fingerprint density at radius 2 is 2.20 bits per heavy atom. The molecule has 1 aromatic rings. The Balaban J connectivity index is 2.09. The number of rotatable bonds is 2. The van der Waals surface area contributed by atoms with Crippen LogP contribution in [0.25, 0.3) is 0 Å². The van der Waals surface area contributed by atoms with Gasteiger partial charge in [0, 0.05) is 12.0 Å². The van der Waals surface area contributed by atoms with Crippen molar-refractivity contribution in [2.75, 3.05) is 0 Å². The summed E-state index contributed by atoms with van der Waals surface area (Å²) in [5.74, 6) is 2.10. The molecule has 1 saturated carbocycles. The largest absolute Gasteiger partial charge is 0.472 e. The van der Waals surface area contributed by atoms with Crippen LogP contribution in [-0.2, 0) is 0 Å². The molecule has 1 heterocycles. The van der Waals surface area contributed by atoms with E-state index in [0.29, 0.717) is 12.0 Å². The van der Waals surface area contributed by atoms with Crippen LogP contribution in [0.5, 0.6) is 0 Å². The van der Waals surface area contributed by atoms with Crippen molar-refractivity contribution in [3.63, 3.8) is 0 Å². The second-order valence-corrected chi connectivity index (χ2v) is 5.14. The van der Waals surface area contributed by atoms with E-state index in [1.807, 2.05) is 6.26 Å². The van der Waals surface area contributed by atoms with E-state index in [9.17, 15) is 0 Å². The minimum atomic E-state index is 0.317. The molecule has 2 heteroatoms. The van der Waals surface area contributed by atoms with E-state index < -0.39 is 0 Å². The van der Waals surface area contributed by atoms with Crippen molar-refractivity contribution < 1.29 is 4.42 Å². The fourth-order valence-electron chi connectivity index (χ4n) is 2.70. The lowest BCUT2D eigenvalue weighted by Crippen LogP contribution is -2.35. The van der Waals surface area contributed by atoms with Crippen LogP contribution in [0, 0.1) is 11.8 Å². The zero-order chi connectivity index (χ0) is 10.8. The Kier molecular flexibility index (Phi) is 3.15. The van der Waals surface area contributed by atoms with Gasteiger partial charge >= 0.3 is 0 Å². The minimum Gasteiger partial charge on any atom is -0.472 e. The Morgan fingerprint density at radius 3 is 2.80 bits per heavy atom. The zero-order valence-corrected chi connectivity index (χ0v) is 9.65. The molecule has 15 heavy (non-hydrogen) atoms. The molecule has 2 N–H and O–H groups in total. The van der Waals surface area contributed by atoms with Crippen molar-refractivity contribution in [1.82, 2.24) is 0 Å². The summed E-state index contributed by atoms with van der Waals surface area (Å²) in [6.07, 6.45) is 7.26. The quantitative estimate of drug-likeness (QED) is 0.809. The van der Waals surface area contributed by atoms with E-state index in [-0.39, 0.29) is 0 Å². The van der Waals surface area contributed by atoms with Gasteiger partial charge in [0.05, 0.1) is 12.5 Å². The van der Waals surface area contributed by atoms with Crippen LogP contribution in [0.15, 0.2) is 23.0 Å². The molecule has 1 fully saturated rings. The van der Waals surface area contributed by atoms with Crippen LogP contribution in [0.1, 0.15) is 44.6 Å². The van der Waals surface area contributed by atoms with Gasteiger partial charge in [0.2, 0.25) is 0 Å². The SMILES string of the molecule is CC(C)C1CCC(N)C(c2ccoc2)C1. The number of hydrogen-bond donors (Lipinski definition) is 1. The fourth-order valence-corrected chi connectivity index (χ4v) is 2.70. The van der Waals surface area contributed by atoms with Crippen molar-refractivity contribution in [3.05, 3.63) is 24.2 Å². The summed E-state index contributed by atoms with van der Waals surface area (Å²) in [6.45, 7) is 4.63. The molecule has 0 aromatic carbocycles. The van der Waals surface area contributed by atoms with E-state index in [1.165, 1.54) is 18.4 Å². The zero-order valence-electron chi connectivity index (χ0n) is 9.65. The summed E-state index contributed by atoms with van der Waals surface area (Å²) in [6, 6.07) is 2.38. The Hall–Kier alpha value is -0.760. The van der Waals surface area contributed by atoms with Crippen LogP contribution in [0.2, 0.25) is 0 Å². The van der Waals surface area contributed by atoms with E-state index >= 15 is 0 Å².